The summed E-state index contributed by atoms with van der Waals surface area (Å²) in [7, 11) is 0. The average Bonchev–Trinajstić information content (AvgIpc) is 2.65. The van der Waals surface area contributed by atoms with E-state index in [9.17, 15) is 9.59 Å². The second-order valence-corrected chi connectivity index (χ2v) is 8.69. The van der Waals surface area contributed by atoms with Crippen molar-refractivity contribution >= 4 is 11.9 Å². The van der Waals surface area contributed by atoms with Gasteiger partial charge in [-0.15, -0.1) is 0 Å². The number of carbonyl (C=O) groups is 2. The molecule has 0 unspecified atom stereocenters. The molecule has 1 aromatic heterocycles. The molecule has 1 aliphatic carbocycles. The Morgan fingerprint density at radius 1 is 1.07 bits per heavy atom. The molecule has 2 N–H and O–H groups in total. The maximum absolute atomic E-state index is 13.1. The van der Waals surface area contributed by atoms with E-state index in [-0.39, 0.29) is 28.1 Å². The first-order chi connectivity index (χ1) is 13.0. The Hall–Kier alpha value is -2.73. The number of carbonyl (C=O) groups excluding carboxylic acids is 2. The lowest BCUT2D eigenvalue weighted by Gasteiger charge is -2.42. The molecule has 0 fully saturated rings. The van der Waals surface area contributed by atoms with Crippen molar-refractivity contribution in [1.82, 2.24) is 10.5 Å². The van der Waals surface area contributed by atoms with E-state index in [1.807, 2.05) is 13.0 Å². The lowest BCUT2D eigenvalue weighted by molar-refractivity contribution is 0.103. The number of hydrogen-bond donors (Lipinski definition) is 2. The number of aryl methyl sites for hydroxylation is 1. The van der Waals surface area contributed by atoms with E-state index in [1.165, 1.54) is 34.9 Å². The Morgan fingerprint density at radius 3 is 2.21 bits per heavy atom. The van der Waals surface area contributed by atoms with Crippen LogP contribution in [0, 0.1) is 6.92 Å². The predicted molar refractivity (Wildman–Crippen MR) is 105 cm³/mol. The largest absolute Gasteiger partial charge is 0.436 e. The summed E-state index contributed by atoms with van der Waals surface area (Å²) in [6.07, 6.45) is 2.45. The summed E-state index contributed by atoms with van der Waals surface area (Å²) in [6.45, 7) is 10.9. The minimum absolute atomic E-state index is 0.0103. The third kappa shape index (κ3) is 3.64. The molecule has 0 saturated carbocycles. The van der Waals surface area contributed by atoms with Gasteiger partial charge in [0.05, 0.1) is 6.20 Å². The first kappa shape index (κ1) is 20.0. The van der Waals surface area contributed by atoms with Gasteiger partial charge in [0.25, 0.3) is 0 Å². The van der Waals surface area contributed by atoms with Crippen molar-refractivity contribution in [2.24, 2.45) is 0 Å². The molecular formula is C22H26N2O4. The Labute approximate surface area is 164 Å². The summed E-state index contributed by atoms with van der Waals surface area (Å²) < 4.78 is 4.78. The number of ether oxygens (including phenoxy) is 1. The molecule has 1 aliphatic rings. The molecule has 6 nitrogen and oxygen atoms in total. The molecule has 0 saturated heterocycles. The molecule has 0 aliphatic heterocycles. The Balaban J connectivity index is 1.98. The zero-order chi connectivity index (χ0) is 20.7. The van der Waals surface area contributed by atoms with Crippen LogP contribution in [0.4, 0.5) is 4.79 Å². The minimum atomic E-state index is -1.02. The molecule has 0 spiro atoms. The number of pyridine rings is 1. The summed E-state index contributed by atoms with van der Waals surface area (Å²) in [4.78, 5) is 28.3. The normalized spacial score (nSPS) is 16.8. The maximum atomic E-state index is 13.1. The Morgan fingerprint density at radius 2 is 1.68 bits per heavy atom. The first-order valence-corrected chi connectivity index (χ1v) is 9.33. The number of ketones is 1. The van der Waals surface area contributed by atoms with Gasteiger partial charge in [-0.2, -0.15) is 0 Å². The van der Waals surface area contributed by atoms with Crippen molar-refractivity contribution in [2.45, 2.75) is 58.3 Å². The van der Waals surface area contributed by atoms with E-state index in [0.717, 1.165) is 18.4 Å². The van der Waals surface area contributed by atoms with Gasteiger partial charge in [-0.3, -0.25) is 10.0 Å². The second-order valence-electron chi connectivity index (χ2n) is 8.69. The van der Waals surface area contributed by atoms with Crippen molar-refractivity contribution in [3.63, 3.8) is 0 Å². The fraction of sp³-hybridized carbons (Fsp3) is 0.409. The van der Waals surface area contributed by atoms with E-state index in [1.54, 1.807) is 0 Å². The molecule has 0 bridgehead atoms. The predicted octanol–water partition coefficient (Wildman–Crippen LogP) is 4.45. The summed E-state index contributed by atoms with van der Waals surface area (Å²) in [5, 5.41) is 8.50. The van der Waals surface area contributed by atoms with E-state index < -0.39 is 6.09 Å². The number of rotatable bonds is 3. The fourth-order valence-electron chi connectivity index (χ4n) is 3.81. The summed E-state index contributed by atoms with van der Waals surface area (Å²) in [6, 6.07) is 7.15. The van der Waals surface area contributed by atoms with Crippen LogP contribution >= 0.6 is 0 Å². The highest BCUT2D eigenvalue weighted by molar-refractivity contribution is 6.08. The standard InChI is InChI=1S/C22H26N2O4/c1-13-10-16-17(22(4,5)9-8-21(16,2)3)11-15(13)19(25)18-7-6-14(12-23-18)28-20(26)24-27/h6-7,10-12,27H,8-9H2,1-5H3,(H,24,26). The number of amides is 1. The highest BCUT2D eigenvalue weighted by atomic mass is 16.6. The van der Waals surface area contributed by atoms with Crippen LogP contribution in [0.5, 0.6) is 5.75 Å². The van der Waals surface area contributed by atoms with E-state index in [4.69, 9.17) is 9.94 Å². The number of hydrogen-bond acceptors (Lipinski definition) is 5. The van der Waals surface area contributed by atoms with E-state index in [0.29, 0.717) is 5.56 Å². The number of benzene rings is 1. The van der Waals surface area contributed by atoms with Gasteiger partial charge in [0.1, 0.15) is 5.69 Å². The van der Waals surface area contributed by atoms with Crippen LogP contribution in [-0.4, -0.2) is 22.1 Å². The first-order valence-electron chi connectivity index (χ1n) is 9.33. The number of hydroxylamine groups is 1. The van der Waals surface area contributed by atoms with Crippen LogP contribution < -0.4 is 10.2 Å². The molecule has 1 amide bonds. The third-order valence-corrected chi connectivity index (χ3v) is 5.71. The van der Waals surface area contributed by atoms with Gasteiger partial charge < -0.3 is 4.74 Å². The number of aromatic nitrogens is 1. The fourth-order valence-corrected chi connectivity index (χ4v) is 3.81. The highest BCUT2D eigenvalue weighted by Gasteiger charge is 2.37. The molecular weight excluding hydrogens is 356 g/mol. The Bertz CT molecular complexity index is 930. The van der Waals surface area contributed by atoms with Crippen LogP contribution in [0.3, 0.4) is 0 Å². The van der Waals surface area contributed by atoms with Crippen molar-refractivity contribution in [1.29, 1.82) is 0 Å². The van der Waals surface area contributed by atoms with Gasteiger partial charge in [0.15, 0.2) is 5.75 Å². The van der Waals surface area contributed by atoms with Gasteiger partial charge in [-0.1, -0.05) is 33.8 Å². The van der Waals surface area contributed by atoms with Crippen molar-refractivity contribution in [3.8, 4) is 5.75 Å². The lowest BCUT2D eigenvalue weighted by atomic mass is 9.62. The van der Waals surface area contributed by atoms with Gasteiger partial charge in [0, 0.05) is 5.56 Å². The minimum Gasteiger partial charge on any atom is -0.407 e. The van der Waals surface area contributed by atoms with Crippen LogP contribution in [-0.2, 0) is 10.8 Å². The molecule has 28 heavy (non-hydrogen) atoms. The zero-order valence-electron chi connectivity index (χ0n) is 16.9. The third-order valence-electron chi connectivity index (χ3n) is 5.71. The molecule has 1 aromatic carbocycles. The van der Waals surface area contributed by atoms with Crippen LogP contribution in [0.25, 0.3) is 0 Å². The molecule has 0 radical (unpaired) electrons. The quantitative estimate of drug-likeness (QED) is 0.465. The average molecular weight is 382 g/mol. The van der Waals surface area contributed by atoms with Crippen LogP contribution in [0.15, 0.2) is 30.5 Å². The van der Waals surface area contributed by atoms with Gasteiger partial charge in [-0.25, -0.2) is 15.3 Å². The lowest BCUT2D eigenvalue weighted by Crippen LogP contribution is -2.34. The molecule has 1 heterocycles. The van der Waals surface area contributed by atoms with Crippen molar-refractivity contribution in [2.75, 3.05) is 0 Å². The molecule has 0 atom stereocenters. The number of fused-ring (bicyclic) bond motifs is 1. The smallest absolute Gasteiger partial charge is 0.407 e. The summed E-state index contributed by atoms with van der Waals surface area (Å²) >= 11 is 0. The number of nitrogens with one attached hydrogen (secondary N) is 1. The van der Waals surface area contributed by atoms with Crippen molar-refractivity contribution in [3.05, 3.63) is 58.4 Å². The van der Waals surface area contributed by atoms with Gasteiger partial charge in [-0.05, 0) is 65.5 Å². The number of nitrogens with zero attached hydrogens (tertiary/aromatic N) is 1. The molecule has 148 valence electrons. The SMILES string of the molecule is Cc1cc2c(cc1C(=O)c1ccc(OC(=O)NO)cn1)C(C)(C)CCC2(C)C. The van der Waals surface area contributed by atoms with Crippen LogP contribution in [0.2, 0.25) is 0 Å². The van der Waals surface area contributed by atoms with E-state index >= 15 is 0 Å². The highest BCUT2D eigenvalue weighted by Crippen LogP contribution is 2.46. The Kier molecular flexibility index (Phi) is 5.02. The molecule has 6 heteroatoms. The van der Waals surface area contributed by atoms with Crippen LogP contribution in [0.1, 0.15) is 73.3 Å². The zero-order valence-corrected chi connectivity index (χ0v) is 16.9. The maximum Gasteiger partial charge on any atom is 0.436 e. The molecule has 3 rings (SSSR count). The van der Waals surface area contributed by atoms with Gasteiger partial charge >= 0.3 is 6.09 Å². The summed E-state index contributed by atoms with van der Waals surface area (Å²) in [5.41, 5.74) is 5.83. The second kappa shape index (κ2) is 7.02. The van der Waals surface area contributed by atoms with E-state index in [2.05, 4.69) is 38.7 Å². The summed E-state index contributed by atoms with van der Waals surface area (Å²) in [5.74, 6) is -0.0363. The molecule has 2 aromatic rings. The monoisotopic (exact) mass is 382 g/mol. The van der Waals surface area contributed by atoms with Gasteiger partial charge in [0.2, 0.25) is 5.78 Å². The van der Waals surface area contributed by atoms with Crippen molar-refractivity contribution < 1.29 is 19.5 Å². The topological polar surface area (TPSA) is 88.5 Å².